The summed E-state index contributed by atoms with van der Waals surface area (Å²) in [7, 11) is 0. The van der Waals surface area contributed by atoms with Crippen molar-refractivity contribution >= 4 is 22.4 Å². The average Bonchev–Trinajstić information content (AvgIpc) is 2.83. The van der Waals surface area contributed by atoms with Crippen LogP contribution in [0.4, 0.5) is 5.13 Å². The van der Waals surface area contributed by atoms with E-state index in [4.69, 9.17) is 5.73 Å². The zero-order chi connectivity index (χ0) is 12.4. The van der Waals surface area contributed by atoms with Crippen LogP contribution in [0.1, 0.15) is 25.3 Å². The molecule has 1 unspecified atom stereocenters. The molecule has 0 bridgehead atoms. The Bertz CT molecular complexity index is 404. The normalized spacial score (nSPS) is 20.6. The number of anilines is 1. The summed E-state index contributed by atoms with van der Waals surface area (Å²) in [6.45, 7) is 5.53. The van der Waals surface area contributed by atoms with Crippen LogP contribution in [-0.2, 0) is 11.2 Å². The van der Waals surface area contributed by atoms with E-state index < -0.39 is 0 Å². The number of nitrogens with two attached hydrogens (primary N) is 1. The Kier molecular flexibility index (Phi) is 3.73. The van der Waals surface area contributed by atoms with Crippen molar-refractivity contribution in [3.05, 3.63) is 5.01 Å². The van der Waals surface area contributed by atoms with Crippen LogP contribution in [0.5, 0.6) is 0 Å². The average molecular weight is 254 g/mol. The Morgan fingerprint density at radius 3 is 2.88 bits per heavy atom. The molecule has 6 heteroatoms. The molecule has 0 radical (unpaired) electrons. The predicted molar refractivity (Wildman–Crippen MR) is 68.0 cm³/mol. The van der Waals surface area contributed by atoms with E-state index in [9.17, 15) is 4.79 Å². The van der Waals surface area contributed by atoms with Gasteiger partial charge in [0.25, 0.3) is 0 Å². The topological polar surface area (TPSA) is 72.1 Å². The number of hydrogen-bond acceptors (Lipinski definition) is 5. The standard InChI is InChI=1S/C11H18N4OS/c1-7(2)3-9-13-14-11(17-9)15-6-8(5-12)4-10(15)16/h7-8H,3-6,12H2,1-2H3. The smallest absolute Gasteiger partial charge is 0.229 e. The maximum atomic E-state index is 11.8. The molecule has 1 aromatic heterocycles. The summed E-state index contributed by atoms with van der Waals surface area (Å²) in [4.78, 5) is 13.5. The number of aromatic nitrogens is 2. The lowest BCUT2D eigenvalue weighted by atomic mass is 10.1. The molecule has 1 saturated heterocycles. The van der Waals surface area contributed by atoms with E-state index in [1.807, 2.05) is 0 Å². The molecule has 0 spiro atoms. The van der Waals surface area contributed by atoms with Gasteiger partial charge in [0, 0.05) is 19.4 Å². The molecule has 1 aliphatic rings. The van der Waals surface area contributed by atoms with E-state index in [0.717, 1.165) is 16.6 Å². The van der Waals surface area contributed by atoms with Crippen molar-refractivity contribution in [1.29, 1.82) is 0 Å². The summed E-state index contributed by atoms with van der Waals surface area (Å²) in [6.07, 6.45) is 1.45. The van der Waals surface area contributed by atoms with Crippen LogP contribution < -0.4 is 10.6 Å². The third-order valence-electron chi connectivity index (χ3n) is 2.81. The van der Waals surface area contributed by atoms with E-state index in [1.165, 1.54) is 11.3 Å². The van der Waals surface area contributed by atoms with Crippen LogP contribution in [0.25, 0.3) is 0 Å². The first-order valence-corrected chi connectivity index (χ1v) is 6.74. The molecular weight excluding hydrogens is 236 g/mol. The lowest BCUT2D eigenvalue weighted by Gasteiger charge is -2.11. The van der Waals surface area contributed by atoms with Gasteiger partial charge in [0.15, 0.2) is 0 Å². The van der Waals surface area contributed by atoms with Crippen molar-refractivity contribution in [1.82, 2.24) is 10.2 Å². The molecule has 1 atom stereocenters. The van der Waals surface area contributed by atoms with Gasteiger partial charge in [0.2, 0.25) is 11.0 Å². The molecule has 0 aliphatic carbocycles. The van der Waals surface area contributed by atoms with Crippen LogP contribution in [0.3, 0.4) is 0 Å². The third kappa shape index (κ3) is 2.81. The SMILES string of the molecule is CC(C)Cc1nnc(N2CC(CN)CC2=O)s1. The van der Waals surface area contributed by atoms with Gasteiger partial charge in [0.1, 0.15) is 5.01 Å². The van der Waals surface area contributed by atoms with E-state index in [1.54, 1.807) is 4.90 Å². The number of amides is 1. The predicted octanol–water partition coefficient (Wildman–Crippen LogP) is 1.05. The van der Waals surface area contributed by atoms with E-state index in [-0.39, 0.29) is 11.8 Å². The van der Waals surface area contributed by atoms with E-state index >= 15 is 0 Å². The van der Waals surface area contributed by atoms with Gasteiger partial charge in [0.05, 0.1) is 0 Å². The van der Waals surface area contributed by atoms with Gasteiger partial charge >= 0.3 is 0 Å². The Balaban J connectivity index is 2.07. The Morgan fingerprint density at radius 1 is 1.53 bits per heavy atom. The van der Waals surface area contributed by atoms with Crippen molar-refractivity contribution in [3.63, 3.8) is 0 Å². The van der Waals surface area contributed by atoms with Crippen molar-refractivity contribution in [2.45, 2.75) is 26.7 Å². The second kappa shape index (κ2) is 5.10. The number of carbonyl (C=O) groups is 1. The molecule has 1 aromatic rings. The molecule has 0 saturated carbocycles. The molecule has 94 valence electrons. The summed E-state index contributed by atoms with van der Waals surface area (Å²) >= 11 is 1.52. The second-order valence-corrected chi connectivity index (χ2v) is 5.93. The first-order chi connectivity index (χ1) is 8.10. The molecular formula is C11H18N4OS. The number of carbonyl (C=O) groups excluding carboxylic acids is 1. The van der Waals surface area contributed by atoms with Crippen LogP contribution in [0.2, 0.25) is 0 Å². The van der Waals surface area contributed by atoms with Crippen molar-refractivity contribution in [2.75, 3.05) is 18.0 Å². The second-order valence-electron chi connectivity index (χ2n) is 4.89. The summed E-state index contributed by atoms with van der Waals surface area (Å²) in [5.74, 6) is 0.939. The summed E-state index contributed by atoms with van der Waals surface area (Å²) in [6, 6.07) is 0. The zero-order valence-corrected chi connectivity index (χ0v) is 11.0. The van der Waals surface area contributed by atoms with Crippen LogP contribution in [-0.4, -0.2) is 29.2 Å². The minimum absolute atomic E-state index is 0.118. The lowest BCUT2D eigenvalue weighted by molar-refractivity contribution is -0.117. The molecule has 1 fully saturated rings. The first kappa shape index (κ1) is 12.4. The van der Waals surface area contributed by atoms with Crippen molar-refractivity contribution < 1.29 is 4.79 Å². The van der Waals surface area contributed by atoms with Crippen LogP contribution in [0.15, 0.2) is 0 Å². The highest BCUT2D eigenvalue weighted by atomic mass is 32.1. The fourth-order valence-electron chi connectivity index (χ4n) is 1.91. The Morgan fingerprint density at radius 2 is 2.29 bits per heavy atom. The van der Waals surface area contributed by atoms with Crippen LogP contribution >= 0.6 is 11.3 Å². The highest BCUT2D eigenvalue weighted by Crippen LogP contribution is 2.28. The zero-order valence-electron chi connectivity index (χ0n) is 10.2. The fraction of sp³-hybridized carbons (Fsp3) is 0.727. The van der Waals surface area contributed by atoms with Crippen molar-refractivity contribution in [3.8, 4) is 0 Å². The van der Waals surface area contributed by atoms with E-state index in [0.29, 0.717) is 25.4 Å². The molecule has 0 aromatic carbocycles. The summed E-state index contributed by atoms with van der Waals surface area (Å²) in [5, 5.41) is 9.96. The fourth-order valence-corrected chi connectivity index (χ4v) is 2.99. The molecule has 1 aliphatic heterocycles. The van der Waals surface area contributed by atoms with Gasteiger partial charge in [-0.1, -0.05) is 25.2 Å². The summed E-state index contributed by atoms with van der Waals surface area (Å²) in [5.41, 5.74) is 5.60. The number of nitrogens with zero attached hydrogens (tertiary/aromatic N) is 3. The third-order valence-corrected chi connectivity index (χ3v) is 3.78. The summed E-state index contributed by atoms with van der Waals surface area (Å²) < 4.78 is 0. The molecule has 2 rings (SSSR count). The van der Waals surface area contributed by atoms with Gasteiger partial charge in [-0.25, -0.2) is 0 Å². The van der Waals surface area contributed by atoms with Crippen LogP contribution in [0, 0.1) is 11.8 Å². The Hall–Kier alpha value is -1.01. The van der Waals surface area contributed by atoms with Gasteiger partial charge in [-0.15, -0.1) is 10.2 Å². The maximum Gasteiger partial charge on any atom is 0.229 e. The Labute approximate surface area is 105 Å². The molecule has 2 heterocycles. The highest BCUT2D eigenvalue weighted by molar-refractivity contribution is 7.15. The van der Waals surface area contributed by atoms with Crippen molar-refractivity contribution in [2.24, 2.45) is 17.6 Å². The van der Waals surface area contributed by atoms with E-state index in [2.05, 4.69) is 24.0 Å². The monoisotopic (exact) mass is 254 g/mol. The molecule has 2 N–H and O–H groups in total. The quantitative estimate of drug-likeness (QED) is 0.871. The first-order valence-electron chi connectivity index (χ1n) is 5.93. The minimum atomic E-state index is 0.118. The lowest BCUT2D eigenvalue weighted by Crippen LogP contribution is -2.25. The maximum absolute atomic E-state index is 11.8. The molecule has 17 heavy (non-hydrogen) atoms. The molecule has 1 amide bonds. The largest absolute Gasteiger partial charge is 0.330 e. The number of rotatable bonds is 4. The number of hydrogen-bond donors (Lipinski definition) is 1. The van der Waals surface area contributed by atoms with Gasteiger partial charge in [-0.3, -0.25) is 9.69 Å². The molecule has 5 nitrogen and oxygen atoms in total. The highest BCUT2D eigenvalue weighted by Gasteiger charge is 2.31. The van der Waals surface area contributed by atoms with Gasteiger partial charge in [-0.2, -0.15) is 0 Å². The van der Waals surface area contributed by atoms with Gasteiger partial charge in [-0.05, 0) is 18.4 Å². The van der Waals surface area contributed by atoms with Gasteiger partial charge < -0.3 is 5.73 Å². The minimum Gasteiger partial charge on any atom is -0.330 e.